The Bertz CT molecular complexity index is 904. The molecule has 134 valence electrons. The number of anilines is 4. The van der Waals surface area contributed by atoms with Crippen LogP contribution in [-0.4, -0.2) is 15.2 Å². The van der Waals surface area contributed by atoms with Crippen molar-refractivity contribution in [1.82, 2.24) is 15.2 Å². The minimum Gasteiger partial charge on any atom is -0.338 e. The lowest BCUT2D eigenvalue weighted by molar-refractivity contribution is -0.136. The number of para-hydroxylation sites is 2. The molecule has 0 bridgehead atoms. The van der Waals surface area contributed by atoms with Crippen molar-refractivity contribution in [2.24, 2.45) is 0 Å². The molecule has 5 nitrogen and oxygen atoms in total. The minimum atomic E-state index is -4.48. The Morgan fingerprint density at radius 3 is 2.27 bits per heavy atom. The summed E-state index contributed by atoms with van der Waals surface area (Å²) in [6.45, 7) is 3.89. The summed E-state index contributed by atoms with van der Waals surface area (Å²) in [5, 5.41) is 13.3. The maximum Gasteiger partial charge on any atom is 0.418 e. The molecule has 1 heterocycles. The van der Waals surface area contributed by atoms with Gasteiger partial charge < -0.3 is 10.6 Å². The van der Waals surface area contributed by atoms with Gasteiger partial charge in [-0.3, -0.25) is 0 Å². The number of aryl methyl sites for hydroxylation is 2. The number of halogens is 3. The Balaban J connectivity index is 1.87. The third kappa shape index (κ3) is 3.90. The van der Waals surface area contributed by atoms with Gasteiger partial charge in [0.05, 0.1) is 17.4 Å². The van der Waals surface area contributed by atoms with Crippen LogP contribution in [0, 0.1) is 13.8 Å². The Morgan fingerprint density at radius 1 is 0.885 bits per heavy atom. The molecule has 0 aliphatic carbocycles. The Hall–Kier alpha value is -3.16. The molecular formula is C18H16F3N5. The van der Waals surface area contributed by atoms with Gasteiger partial charge in [-0.15, -0.1) is 5.10 Å². The van der Waals surface area contributed by atoms with Crippen LogP contribution in [0.3, 0.4) is 0 Å². The van der Waals surface area contributed by atoms with Crippen molar-refractivity contribution in [2.45, 2.75) is 20.0 Å². The van der Waals surface area contributed by atoms with Crippen LogP contribution in [-0.2, 0) is 6.18 Å². The van der Waals surface area contributed by atoms with Crippen LogP contribution in [0.25, 0.3) is 0 Å². The molecule has 0 aliphatic rings. The minimum absolute atomic E-state index is 0.0297. The molecule has 8 heteroatoms. The average Bonchev–Trinajstić information content (AvgIpc) is 2.58. The van der Waals surface area contributed by atoms with Gasteiger partial charge in [0.25, 0.3) is 0 Å². The van der Waals surface area contributed by atoms with E-state index in [9.17, 15) is 13.2 Å². The van der Waals surface area contributed by atoms with Gasteiger partial charge in [-0.1, -0.05) is 30.3 Å². The SMILES string of the molecule is Cc1cccc(C)c1Nc1cnnc(Nc2ccccc2C(F)(F)F)n1. The molecule has 0 saturated heterocycles. The summed E-state index contributed by atoms with van der Waals surface area (Å²) in [6.07, 6.45) is -3.07. The number of hydrogen-bond acceptors (Lipinski definition) is 5. The van der Waals surface area contributed by atoms with E-state index in [1.165, 1.54) is 24.4 Å². The second-order valence-corrected chi connectivity index (χ2v) is 5.73. The molecule has 0 aliphatic heterocycles. The number of benzene rings is 2. The molecule has 0 spiro atoms. The first-order valence-corrected chi connectivity index (χ1v) is 7.81. The van der Waals surface area contributed by atoms with Crippen LogP contribution >= 0.6 is 0 Å². The summed E-state index contributed by atoms with van der Waals surface area (Å²) in [4.78, 5) is 4.21. The first-order chi connectivity index (χ1) is 12.3. The molecule has 0 saturated carbocycles. The van der Waals surface area contributed by atoms with Crippen molar-refractivity contribution in [2.75, 3.05) is 10.6 Å². The molecule has 0 unspecified atom stereocenters. The van der Waals surface area contributed by atoms with Crippen molar-refractivity contribution in [3.8, 4) is 0 Å². The van der Waals surface area contributed by atoms with Gasteiger partial charge in [0, 0.05) is 5.69 Å². The number of rotatable bonds is 4. The Morgan fingerprint density at radius 2 is 1.58 bits per heavy atom. The third-order valence-corrected chi connectivity index (χ3v) is 3.77. The van der Waals surface area contributed by atoms with Crippen molar-refractivity contribution < 1.29 is 13.2 Å². The van der Waals surface area contributed by atoms with E-state index in [1.54, 1.807) is 0 Å². The van der Waals surface area contributed by atoms with Gasteiger partial charge in [0.1, 0.15) is 0 Å². The molecule has 26 heavy (non-hydrogen) atoms. The topological polar surface area (TPSA) is 62.7 Å². The zero-order valence-electron chi connectivity index (χ0n) is 14.1. The van der Waals surface area contributed by atoms with Gasteiger partial charge in [0.2, 0.25) is 5.95 Å². The lowest BCUT2D eigenvalue weighted by atomic mass is 10.1. The van der Waals surface area contributed by atoms with Crippen LogP contribution in [0.15, 0.2) is 48.7 Å². The highest BCUT2D eigenvalue weighted by molar-refractivity contribution is 5.65. The predicted octanol–water partition coefficient (Wildman–Crippen LogP) is 4.99. The maximum absolute atomic E-state index is 13.1. The summed E-state index contributed by atoms with van der Waals surface area (Å²) < 4.78 is 39.3. The quantitative estimate of drug-likeness (QED) is 0.687. The lowest BCUT2D eigenvalue weighted by Gasteiger charge is -2.14. The van der Waals surface area contributed by atoms with Gasteiger partial charge in [-0.2, -0.15) is 23.3 Å². The first kappa shape index (κ1) is 17.7. The molecule has 1 aromatic heterocycles. The lowest BCUT2D eigenvalue weighted by Crippen LogP contribution is -2.10. The van der Waals surface area contributed by atoms with Crippen molar-refractivity contribution in [1.29, 1.82) is 0 Å². The second kappa shape index (κ2) is 6.99. The highest BCUT2D eigenvalue weighted by atomic mass is 19.4. The fourth-order valence-electron chi connectivity index (χ4n) is 2.52. The molecule has 3 aromatic rings. The van der Waals surface area contributed by atoms with Crippen LogP contribution in [0.2, 0.25) is 0 Å². The number of nitrogens with one attached hydrogen (secondary N) is 2. The highest BCUT2D eigenvalue weighted by Crippen LogP contribution is 2.35. The van der Waals surface area contributed by atoms with Crippen molar-refractivity contribution in [3.05, 3.63) is 65.4 Å². The predicted molar refractivity (Wildman–Crippen MR) is 93.8 cm³/mol. The number of hydrogen-bond donors (Lipinski definition) is 2. The van der Waals surface area contributed by atoms with E-state index in [0.29, 0.717) is 5.82 Å². The Kier molecular flexibility index (Phi) is 4.75. The fourth-order valence-corrected chi connectivity index (χ4v) is 2.52. The van der Waals surface area contributed by atoms with E-state index >= 15 is 0 Å². The third-order valence-electron chi connectivity index (χ3n) is 3.77. The number of nitrogens with zero attached hydrogens (tertiary/aromatic N) is 3. The summed E-state index contributed by atoms with van der Waals surface area (Å²) in [6, 6.07) is 11.0. The number of alkyl halides is 3. The van der Waals surface area contributed by atoms with E-state index in [4.69, 9.17) is 0 Å². The zero-order valence-corrected chi connectivity index (χ0v) is 14.1. The standard InChI is InChI=1S/C18H16F3N5/c1-11-6-5-7-12(2)16(11)24-15-10-22-26-17(25-15)23-14-9-4-3-8-13(14)18(19,20)21/h3-10H,1-2H3,(H2,23,24,25,26). The highest BCUT2D eigenvalue weighted by Gasteiger charge is 2.33. The normalized spacial score (nSPS) is 11.3. The van der Waals surface area contributed by atoms with E-state index in [2.05, 4.69) is 25.8 Å². The van der Waals surface area contributed by atoms with Gasteiger partial charge in [0.15, 0.2) is 5.82 Å². The summed E-state index contributed by atoms with van der Waals surface area (Å²) in [5.41, 5.74) is 1.97. The molecule has 3 rings (SSSR count). The maximum atomic E-state index is 13.1. The van der Waals surface area contributed by atoms with Crippen LogP contribution in [0.1, 0.15) is 16.7 Å². The summed E-state index contributed by atoms with van der Waals surface area (Å²) in [7, 11) is 0. The summed E-state index contributed by atoms with van der Waals surface area (Å²) >= 11 is 0. The van der Waals surface area contributed by atoms with Crippen molar-refractivity contribution in [3.63, 3.8) is 0 Å². The van der Waals surface area contributed by atoms with Crippen LogP contribution in [0.5, 0.6) is 0 Å². The van der Waals surface area contributed by atoms with E-state index in [1.807, 2.05) is 32.0 Å². The monoisotopic (exact) mass is 359 g/mol. The molecule has 0 atom stereocenters. The molecule has 0 fully saturated rings. The average molecular weight is 359 g/mol. The van der Waals surface area contributed by atoms with Gasteiger partial charge in [-0.25, -0.2) is 0 Å². The molecule has 2 N–H and O–H groups in total. The Labute approximate surface area is 148 Å². The van der Waals surface area contributed by atoms with E-state index in [0.717, 1.165) is 22.9 Å². The second-order valence-electron chi connectivity index (χ2n) is 5.73. The van der Waals surface area contributed by atoms with Crippen LogP contribution in [0.4, 0.5) is 36.3 Å². The molecule has 2 aromatic carbocycles. The zero-order chi connectivity index (χ0) is 18.7. The van der Waals surface area contributed by atoms with Gasteiger partial charge >= 0.3 is 6.18 Å². The largest absolute Gasteiger partial charge is 0.418 e. The molecule has 0 radical (unpaired) electrons. The smallest absolute Gasteiger partial charge is 0.338 e. The summed E-state index contributed by atoms with van der Waals surface area (Å²) in [5.74, 6) is 0.349. The van der Waals surface area contributed by atoms with E-state index in [-0.39, 0.29) is 11.6 Å². The molecular weight excluding hydrogens is 343 g/mol. The van der Waals surface area contributed by atoms with E-state index < -0.39 is 11.7 Å². The molecule has 0 amide bonds. The van der Waals surface area contributed by atoms with Crippen molar-refractivity contribution >= 4 is 23.1 Å². The fraction of sp³-hybridized carbons (Fsp3) is 0.167. The number of aromatic nitrogens is 3. The van der Waals surface area contributed by atoms with Crippen LogP contribution < -0.4 is 10.6 Å². The first-order valence-electron chi connectivity index (χ1n) is 7.81. The van der Waals surface area contributed by atoms with Gasteiger partial charge in [-0.05, 0) is 37.1 Å².